The van der Waals surface area contributed by atoms with Crippen LogP contribution in [-0.2, 0) is 4.79 Å². The summed E-state index contributed by atoms with van der Waals surface area (Å²) in [6.07, 6.45) is 0.909. The number of rotatable bonds is 5. The van der Waals surface area contributed by atoms with Crippen molar-refractivity contribution in [2.24, 2.45) is 0 Å². The maximum Gasteiger partial charge on any atom is 0.0758 e. The van der Waals surface area contributed by atoms with E-state index in [0.717, 1.165) is 19.5 Å². The number of carbonyl (C=O) groups excluding carboxylic acids is 1. The minimum absolute atomic E-state index is 0.191. The number of quaternary nitrogens is 1. The molecule has 0 aromatic carbocycles. The Hall–Kier alpha value is -0.570. The monoisotopic (exact) mass is 131 g/mol. The second kappa shape index (κ2) is 5.56. The Morgan fingerprint density at radius 2 is 2.33 bits per heavy atom. The van der Waals surface area contributed by atoms with Crippen LogP contribution in [0.2, 0.25) is 0 Å². The van der Waals surface area contributed by atoms with Crippen molar-refractivity contribution in [2.75, 3.05) is 13.1 Å². The predicted molar refractivity (Wildman–Crippen MR) is 31.6 cm³/mol. The lowest BCUT2D eigenvalue weighted by Crippen LogP contribution is -2.83. The minimum atomic E-state index is -0.945. The van der Waals surface area contributed by atoms with Crippen LogP contribution in [0.1, 0.15) is 19.8 Å². The molecule has 0 aromatic heterocycles. The van der Waals surface area contributed by atoms with Crippen LogP contribution in [0.4, 0.5) is 0 Å². The van der Waals surface area contributed by atoms with Crippen molar-refractivity contribution >= 4 is 5.97 Å². The summed E-state index contributed by atoms with van der Waals surface area (Å²) in [5.74, 6) is -0.945. The van der Waals surface area contributed by atoms with E-state index in [2.05, 4.69) is 5.32 Å². The van der Waals surface area contributed by atoms with E-state index in [1.54, 1.807) is 0 Å². The normalized spacial score (nSPS) is 9.44. The van der Waals surface area contributed by atoms with Gasteiger partial charge in [-0.3, -0.25) is 0 Å². The predicted octanol–water partition coefficient (Wildman–Crippen LogP) is -1.90. The van der Waals surface area contributed by atoms with Crippen molar-refractivity contribution in [3.05, 3.63) is 0 Å². The molecule has 0 aliphatic carbocycles. The Bertz CT molecular complexity index is 83.1. The van der Waals surface area contributed by atoms with Crippen LogP contribution >= 0.6 is 0 Å². The molecule has 0 saturated carbocycles. The van der Waals surface area contributed by atoms with Gasteiger partial charge >= 0.3 is 0 Å². The lowest BCUT2D eigenvalue weighted by atomic mass is 10.3. The minimum Gasteiger partial charge on any atom is -0.550 e. The lowest BCUT2D eigenvalue weighted by molar-refractivity contribution is -0.652. The fourth-order valence-electron chi connectivity index (χ4n) is 0.595. The number of nitrogens with two attached hydrogens (primary N) is 1. The third-order valence-corrected chi connectivity index (χ3v) is 1.08. The summed E-state index contributed by atoms with van der Waals surface area (Å²) < 4.78 is 0. The van der Waals surface area contributed by atoms with Gasteiger partial charge in [-0.2, -0.15) is 0 Å². The van der Waals surface area contributed by atoms with E-state index in [-0.39, 0.29) is 6.42 Å². The molecule has 0 saturated heterocycles. The van der Waals surface area contributed by atoms with E-state index < -0.39 is 5.97 Å². The summed E-state index contributed by atoms with van der Waals surface area (Å²) >= 11 is 0. The molecule has 0 unspecified atom stereocenters. The van der Waals surface area contributed by atoms with Crippen molar-refractivity contribution in [3.63, 3.8) is 0 Å². The number of aliphatic carboxylic acids is 1. The highest BCUT2D eigenvalue weighted by Crippen LogP contribution is 1.79. The van der Waals surface area contributed by atoms with Crippen LogP contribution in [0.25, 0.3) is 0 Å². The fraction of sp³-hybridized carbons (Fsp3) is 0.833. The molecule has 0 fully saturated rings. The van der Waals surface area contributed by atoms with Gasteiger partial charge < -0.3 is 15.2 Å². The van der Waals surface area contributed by atoms with E-state index in [1.807, 2.05) is 6.92 Å². The number of hydrogen-bond donors (Lipinski definition) is 1. The van der Waals surface area contributed by atoms with E-state index >= 15 is 0 Å². The van der Waals surface area contributed by atoms with Crippen molar-refractivity contribution in [1.29, 1.82) is 0 Å². The van der Waals surface area contributed by atoms with Crippen LogP contribution in [0, 0.1) is 0 Å². The number of carboxylic acid groups (broad SMARTS) is 1. The Morgan fingerprint density at radius 1 is 1.67 bits per heavy atom. The molecule has 0 heterocycles. The van der Waals surface area contributed by atoms with Crippen molar-refractivity contribution in [2.45, 2.75) is 19.8 Å². The second-order valence-electron chi connectivity index (χ2n) is 1.96. The van der Waals surface area contributed by atoms with Crippen LogP contribution < -0.4 is 10.4 Å². The summed E-state index contributed by atoms with van der Waals surface area (Å²) in [6.45, 7) is 3.95. The van der Waals surface area contributed by atoms with Gasteiger partial charge in [0.05, 0.1) is 13.1 Å². The molecule has 2 N–H and O–H groups in total. The van der Waals surface area contributed by atoms with Gasteiger partial charge in [-0.1, -0.05) is 0 Å². The standard InChI is InChI=1S/C6H13NO2/c1-2-7-5-3-4-6(8)9/h7H,2-5H2,1H3,(H,8,9). The molecule has 3 nitrogen and oxygen atoms in total. The molecule has 54 valence electrons. The van der Waals surface area contributed by atoms with Gasteiger partial charge in [0.25, 0.3) is 0 Å². The first-order valence-electron chi connectivity index (χ1n) is 3.29. The van der Waals surface area contributed by atoms with Gasteiger partial charge in [0, 0.05) is 12.4 Å². The molecule has 0 radical (unpaired) electrons. The molecule has 3 heteroatoms. The Kier molecular flexibility index (Phi) is 5.21. The molecule has 0 rings (SSSR count). The number of carbonyl (C=O) groups is 1. The second-order valence-corrected chi connectivity index (χ2v) is 1.96. The van der Waals surface area contributed by atoms with Gasteiger partial charge in [0.1, 0.15) is 0 Å². The van der Waals surface area contributed by atoms with Gasteiger partial charge in [-0.25, -0.2) is 0 Å². The molecule has 0 amide bonds. The molecular weight excluding hydrogens is 118 g/mol. The summed E-state index contributed by atoms with van der Waals surface area (Å²) in [6, 6.07) is 0. The summed E-state index contributed by atoms with van der Waals surface area (Å²) in [5.41, 5.74) is 0. The zero-order valence-electron chi connectivity index (χ0n) is 5.72. The maximum atomic E-state index is 9.84. The average Bonchev–Trinajstić information content (AvgIpc) is 1.80. The molecule has 0 aliphatic heterocycles. The number of hydrogen-bond acceptors (Lipinski definition) is 2. The highest BCUT2D eigenvalue weighted by molar-refractivity contribution is 5.64. The summed E-state index contributed by atoms with van der Waals surface area (Å²) in [7, 11) is 0. The van der Waals surface area contributed by atoms with Crippen LogP contribution in [0.15, 0.2) is 0 Å². The van der Waals surface area contributed by atoms with Crippen LogP contribution in [0.3, 0.4) is 0 Å². The maximum absolute atomic E-state index is 9.84. The van der Waals surface area contributed by atoms with E-state index in [1.165, 1.54) is 0 Å². The third-order valence-electron chi connectivity index (χ3n) is 1.08. The third kappa shape index (κ3) is 7.43. The Balaban J connectivity index is 2.83. The summed E-state index contributed by atoms with van der Waals surface area (Å²) in [5, 5.41) is 11.9. The van der Waals surface area contributed by atoms with Gasteiger partial charge in [0.2, 0.25) is 0 Å². The van der Waals surface area contributed by atoms with Gasteiger partial charge in [-0.15, -0.1) is 0 Å². The zero-order valence-corrected chi connectivity index (χ0v) is 5.72. The average molecular weight is 131 g/mol. The summed E-state index contributed by atoms with van der Waals surface area (Å²) in [4.78, 5) is 9.84. The first-order chi connectivity index (χ1) is 4.27. The fourth-order valence-corrected chi connectivity index (χ4v) is 0.595. The topological polar surface area (TPSA) is 56.7 Å². The van der Waals surface area contributed by atoms with Crippen molar-refractivity contribution in [3.8, 4) is 0 Å². The largest absolute Gasteiger partial charge is 0.550 e. The smallest absolute Gasteiger partial charge is 0.0758 e. The first-order valence-corrected chi connectivity index (χ1v) is 3.29. The first kappa shape index (κ1) is 8.43. The Morgan fingerprint density at radius 3 is 2.78 bits per heavy atom. The Labute approximate surface area is 55.1 Å². The van der Waals surface area contributed by atoms with E-state index in [9.17, 15) is 9.90 Å². The SMILES string of the molecule is CC[NH2+]CCCC(=O)[O-]. The quantitative estimate of drug-likeness (QED) is 0.443. The molecule has 0 spiro atoms. The zero-order chi connectivity index (χ0) is 7.11. The molecule has 0 aromatic rings. The molecule has 0 bridgehead atoms. The molecular formula is C6H13NO2. The molecule has 0 atom stereocenters. The molecule has 9 heavy (non-hydrogen) atoms. The van der Waals surface area contributed by atoms with Gasteiger partial charge in [0.15, 0.2) is 0 Å². The highest BCUT2D eigenvalue weighted by atomic mass is 16.4. The number of carboxylic acids is 1. The highest BCUT2D eigenvalue weighted by Gasteiger charge is 1.87. The van der Waals surface area contributed by atoms with Crippen molar-refractivity contribution in [1.82, 2.24) is 0 Å². The van der Waals surface area contributed by atoms with Crippen LogP contribution in [0.5, 0.6) is 0 Å². The van der Waals surface area contributed by atoms with Crippen molar-refractivity contribution < 1.29 is 15.2 Å². The van der Waals surface area contributed by atoms with Gasteiger partial charge in [-0.05, 0) is 13.3 Å². The lowest BCUT2D eigenvalue weighted by Gasteiger charge is -1.98. The molecule has 0 aliphatic rings. The van der Waals surface area contributed by atoms with E-state index in [0.29, 0.717) is 0 Å². The van der Waals surface area contributed by atoms with Crippen LogP contribution in [-0.4, -0.2) is 19.1 Å². The van der Waals surface area contributed by atoms with E-state index in [4.69, 9.17) is 0 Å².